The zero-order valence-corrected chi connectivity index (χ0v) is 11.3. The van der Waals surface area contributed by atoms with Gasteiger partial charge in [-0.15, -0.1) is 0 Å². The second-order valence-corrected chi connectivity index (χ2v) is 6.76. The van der Waals surface area contributed by atoms with Gasteiger partial charge in [-0.3, -0.25) is 4.79 Å². The first-order valence-electron chi connectivity index (χ1n) is 5.71. The van der Waals surface area contributed by atoms with Gasteiger partial charge in [0.15, 0.2) is 0 Å². The number of nitrogens with one attached hydrogen (secondary N) is 1. The zero-order chi connectivity index (χ0) is 13.1. The van der Waals surface area contributed by atoms with Crippen molar-refractivity contribution in [3.05, 3.63) is 0 Å². The third-order valence-corrected chi connectivity index (χ3v) is 3.99. The zero-order valence-electron chi connectivity index (χ0n) is 10.5. The normalized spacial score (nSPS) is 20.8. The van der Waals surface area contributed by atoms with Crippen molar-refractivity contribution in [2.24, 2.45) is 5.92 Å². The van der Waals surface area contributed by atoms with E-state index < -0.39 is 11.9 Å². The Morgan fingerprint density at radius 3 is 2.71 bits per heavy atom. The number of carbonyl (C=O) groups excluding carboxylic acids is 1. The fraction of sp³-hybridized carbons (Fsp3) is 0.818. The number of hydrogen-bond donors (Lipinski definition) is 2. The fourth-order valence-corrected chi connectivity index (χ4v) is 2.74. The summed E-state index contributed by atoms with van der Waals surface area (Å²) in [4.78, 5) is 24.2. The number of aliphatic carboxylic acids is 1. The Labute approximate surface area is 106 Å². The molecule has 0 saturated carbocycles. The summed E-state index contributed by atoms with van der Waals surface area (Å²) in [5, 5.41) is 11.4. The van der Waals surface area contributed by atoms with E-state index in [-0.39, 0.29) is 17.3 Å². The van der Waals surface area contributed by atoms with Crippen molar-refractivity contribution in [3.8, 4) is 0 Å². The van der Waals surface area contributed by atoms with Gasteiger partial charge in [-0.2, -0.15) is 11.8 Å². The molecule has 17 heavy (non-hydrogen) atoms. The molecule has 6 heteroatoms. The van der Waals surface area contributed by atoms with Crippen molar-refractivity contribution < 1.29 is 14.7 Å². The number of nitrogens with zero attached hydrogens (tertiary/aromatic N) is 1. The number of rotatable bonds is 3. The van der Waals surface area contributed by atoms with Crippen LogP contribution < -0.4 is 5.32 Å². The van der Waals surface area contributed by atoms with E-state index in [0.29, 0.717) is 6.54 Å². The van der Waals surface area contributed by atoms with Crippen molar-refractivity contribution >= 4 is 23.8 Å². The molecule has 0 bridgehead atoms. The molecule has 98 valence electrons. The summed E-state index contributed by atoms with van der Waals surface area (Å²) in [7, 11) is 0. The lowest BCUT2D eigenvalue weighted by Gasteiger charge is -2.37. The van der Waals surface area contributed by atoms with Gasteiger partial charge < -0.3 is 15.3 Å². The van der Waals surface area contributed by atoms with Gasteiger partial charge in [0.25, 0.3) is 0 Å². The maximum atomic E-state index is 11.8. The van der Waals surface area contributed by atoms with Crippen LogP contribution in [0.3, 0.4) is 0 Å². The first kappa shape index (κ1) is 14.2. The summed E-state index contributed by atoms with van der Waals surface area (Å²) in [6.45, 7) is 7.40. The smallest absolute Gasteiger partial charge is 0.317 e. The molecule has 1 heterocycles. The third kappa shape index (κ3) is 4.46. The lowest BCUT2D eigenvalue weighted by atomic mass is 10.2. The minimum atomic E-state index is -0.889. The van der Waals surface area contributed by atoms with Crippen LogP contribution in [0.1, 0.15) is 20.8 Å². The molecule has 1 aliphatic heterocycles. The number of carboxylic acid groups (broad SMARTS) is 1. The molecule has 1 saturated heterocycles. The van der Waals surface area contributed by atoms with Crippen molar-refractivity contribution in [1.82, 2.24) is 10.2 Å². The lowest BCUT2D eigenvalue weighted by Crippen LogP contribution is -2.50. The molecule has 1 aliphatic rings. The summed E-state index contributed by atoms with van der Waals surface area (Å²) < 4.78 is 0.0774. The maximum absolute atomic E-state index is 11.8. The van der Waals surface area contributed by atoms with Crippen molar-refractivity contribution in [2.45, 2.75) is 25.5 Å². The molecule has 5 nitrogen and oxygen atoms in total. The Bertz CT molecular complexity index is 307. The van der Waals surface area contributed by atoms with E-state index in [2.05, 4.69) is 19.2 Å². The Balaban J connectivity index is 2.40. The predicted molar refractivity (Wildman–Crippen MR) is 68.3 cm³/mol. The molecule has 0 radical (unpaired) electrons. The van der Waals surface area contributed by atoms with Crippen LogP contribution in [0.4, 0.5) is 4.79 Å². The largest absolute Gasteiger partial charge is 0.481 e. The first-order valence-corrected chi connectivity index (χ1v) is 6.70. The van der Waals surface area contributed by atoms with E-state index in [1.165, 1.54) is 0 Å². The average Bonchev–Trinajstić information content (AvgIpc) is 2.23. The van der Waals surface area contributed by atoms with Crippen molar-refractivity contribution in [2.75, 3.05) is 25.4 Å². The summed E-state index contributed by atoms with van der Waals surface area (Å²) in [5.41, 5.74) is 0. The van der Waals surface area contributed by atoms with Crippen molar-refractivity contribution in [3.63, 3.8) is 0 Å². The Morgan fingerprint density at radius 1 is 1.53 bits per heavy atom. The van der Waals surface area contributed by atoms with E-state index in [1.807, 2.05) is 11.8 Å². The van der Waals surface area contributed by atoms with E-state index in [1.54, 1.807) is 11.8 Å². The SMILES string of the molecule is CC(CNC(=O)N1CCSC(C)(C)C1)C(=O)O. The molecule has 2 N–H and O–H groups in total. The fourth-order valence-electron chi connectivity index (χ4n) is 1.63. The minimum Gasteiger partial charge on any atom is -0.481 e. The molecule has 0 aromatic heterocycles. The van der Waals surface area contributed by atoms with Crippen LogP contribution in [0.5, 0.6) is 0 Å². The van der Waals surface area contributed by atoms with Gasteiger partial charge in [-0.25, -0.2) is 4.79 Å². The number of amides is 2. The summed E-state index contributed by atoms with van der Waals surface area (Å²) in [6, 6.07) is -0.161. The molecule has 1 unspecified atom stereocenters. The van der Waals surface area contributed by atoms with Crippen LogP contribution in [-0.4, -0.2) is 52.1 Å². The predicted octanol–water partition coefficient (Wildman–Crippen LogP) is 1.24. The number of carboxylic acids is 1. The molecule has 0 aliphatic carbocycles. The highest BCUT2D eigenvalue weighted by Gasteiger charge is 2.29. The molecule has 0 spiro atoms. The number of hydrogen-bond acceptors (Lipinski definition) is 3. The molecule has 1 fully saturated rings. The molecule has 1 rings (SSSR count). The standard InChI is InChI=1S/C11H20N2O3S/c1-8(9(14)15)6-12-10(16)13-4-5-17-11(2,3)7-13/h8H,4-7H2,1-3H3,(H,12,16)(H,14,15). The maximum Gasteiger partial charge on any atom is 0.317 e. The van der Waals surface area contributed by atoms with Gasteiger partial charge in [0.2, 0.25) is 0 Å². The monoisotopic (exact) mass is 260 g/mol. The van der Waals surface area contributed by atoms with E-state index in [0.717, 1.165) is 12.3 Å². The summed E-state index contributed by atoms with van der Waals surface area (Å²) >= 11 is 1.86. The molecule has 1 atom stereocenters. The first-order chi connectivity index (χ1) is 7.82. The quantitative estimate of drug-likeness (QED) is 0.801. The van der Waals surface area contributed by atoms with Crippen molar-refractivity contribution in [1.29, 1.82) is 0 Å². The molecular formula is C11H20N2O3S. The van der Waals surface area contributed by atoms with Crippen LogP contribution in [0.2, 0.25) is 0 Å². The van der Waals surface area contributed by atoms with Gasteiger partial charge >= 0.3 is 12.0 Å². The summed E-state index contributed by atoms with van der Waals surface area (Å²) in [6.07, 6.45) is 0. The van der Waals surface area contributed by atoms with Gasteiger partial charge in [0.1, 0.15) is 0 Å². The molecular weight excluding hydrogens is 240 g/mol. The van der Waals surface area contributed by atoms with E-state index in [9.17, 15) is 9.59 Å². The van der Waals surface area contributed by atoms with E-state index >= 15 is 0 Å². The van der Waals surface area contributed by atoms with Crippen LogP contribution in [0.25, 0.3) is 0 Å². The van der Waals surface area contributed by atoms with Crippen LogP contribution >= 0.6 is 11.8 Å². The number of carbonyl (C=O) groups is 2. The van der Waals surface area contributed by atoms with Crippen LogP contribution in [-0.2, 0) is 4.79 Å². The highest BCUT2D eigenvalue weighted by Crippen LogP contribution is 2.29. The highest BCUT2D eigenvalue weighted by atomic mass is 32.2. The second-order valence-electron chi connectivity index (χ2n) is 4.96. The highest BCUT2D eigenvalue weighted by molar-refractivity contribution is 8.00. The molecule has 2 amide bonds. The van der Waals surface area contributed by atoms with Gasteiger partial charge in [-0.1, -0.05) is 6.92 Å². The number of thioether (sulfide) groups is 1. The number of urea groups is 1. The minimum absolute atomic E-state index is 0.0774. The van der Waals surface area contributed by atoms with Gasteiger partial charge in [0.05, 0.1) is 5.92 Å². The Hall–Kier alpha value is -0.910. The summed E-state index contributed by atoms with van der Waals surface area (Å²) in [5.74, 6) is -0.513. The topological polar surface area (TPSA) is 69.6 Å². The van der Waals surface area contributed by atoms with E-state index in [4.69, 9.17) is 5.11 Å². The Morgan fingerprint density at radius 2 is 2.18 bits per heavy atom. The second kappa shape index (κ2) is 5.62. The third-order valence-electron chi connectivity index (χ3n) is 2.69. The Kier molecular flexibility index (Phi) is 4.68. The lowest BCUT2D eigenvalue weighted by molar-refractivity contribution is -0.140. The molecule has 0 aromatic carbocycles. The average molecular weight is 260 g/mol. The molecule has 0 aromatic rings. The van der Waals surface area contributed by atoms with Crippen LogP contribution in [0.15, 0.2) is 0 Å². The van der Waals surface area contributed by atoms with Gasteiger partial charge in [0, 0.05) is 30.1 Å². The van der Waals surface area contributed by atoms with Gasteiger partial charge in [-0.05, 0) is 13.8 Å². The van der Waals surface area contributed by atoms with Crippen LogP contribution in [0, 0.1) is 5.92 Å².